The summed E-state index contributed by atoms with van der Waals surface area (Å²) in [5.41, 5.74) is 11.5. The number of nitrogens with zero attached hydrogens (tertiary/aromatic N) is 1. The molecule has 3 aliphatic carbocycles. The number of carbonyl (C=O) groups excluding carboxylic acids is 2. The van der Waals surface area contributed by atoms with Crippen molar-refractivity contribution in [2.75, 3.05) is 4.90 Å². The van der Waals surface area contributed by atoms with Crippen molar-refractivity contribution >= 4 is 28.0 Å². The van der Waals surface area contributed by atoms with Gasteiger partial charge in [0.15, 0.2) is 11.6 Å². The van der Waals surface area contributed by atoms with Crippen LogP contribution in [0.25, 0.3) is 21.9 Å². The minimum atomic E-state index is -0.178. The highest BCUT2D eigenvalue weighted by Gasteiger charge is 2.49. The maximum atomic E-state index is 13.8. The highest BCUT2D eigenvalue weighted by Crippen LogP contribution is 2.60. The number of carbonyl (C=O) groups is 2. The molecule has 0 N–H and O–H groups in total. The van der Waals surface area contributed by atoms with Crippen LogP contribution in [0.4, 0.5) is 5.69 Å². The molecule has 230 valence electrons. The fourth-order valence-electron chi connectivity index (χ4n) is 9.06. The van der Waals surface area contributed by atoms with Gasteiger partial charge in [0.05, 0.1) is 5.57 Å². The Morgan fingerprint density at radius 2 is 1.26 bits per heavy atom. The maximum Gasteiger partial charge on any atom is 0.197 e. The highest BCUT2D eigenvalue weighted by atomic mass is 16.2. The largest absolute Gasteiger partial charge is 0.340 e. The molecule has 5 aromatic carbocycles. The Labute approximate surface area is 276 Å². The zero-order valence-corrected chi connectivity index (χ0v) is 27.0. The van der Waals surface area contributed by atoms with Gasteiger partial charge in [-0.3, -0.25) is 9.59 Å². The van der Waals surface area contributed by atoms with Gasteiger partial charge in [-0.2, -0.15) is 0 Å². The third kappa shape index (κ3) is 4.05. The number of allylic oxidation sites excluding steroid dienone is 4. The molecular weight excluding hydrogens is 574 g/mol. The van der Waals surface area contributed by atoms with Crippen molar-refractivity contribution < 1.29 is 9.59 Å². The molecule has 1 saturated carbocycles. The van der Waals surface area contributed by atoms with Gasteiger partial charge >= 0.3 is 0 Å². The van der Waals surface area contributed by atoms with E-state index in [1.165, 1.54) is 51.2 Å². The van der Waals surface area contributed by atoms with Crippen LogP contribution in [-0.4, -0.2) is 11.6 Å². The van der Waals surface area contributed by atoms with Gasteiger partial charge in [-0.05, 0) is 93.4 Å². The summed E-state index contributed by atoms with van der Waals surface area (Å²) in [5.74, 6) is -0.347. The fraction of sp³-hybridized carbons (Fsp3) is 0.227. The molecule has 0 atom stereocenters. The minimum absolute atomic E-state index is 0.106. The second-order valence-electron chi connectivity index (χ2n) is 14.3. The van der Waals surface area contributed by atoms with Crippen molar-refractivity contribution in [1.82, 2.24) is 0 Å². The van der Waals surface area contributed by atoms with Crippen LogP contribution in [0, 0.1) is 0 Å². The Bertz CT molecular complexity index is 2150. The number of Topliss-reactive ketones (excluding diaryl/α,β-unsaturated/α-hetero) is 2. The monoisotopic (exact) mass is 611 g/mol. The number of anilines is 1. The van der Waals surface area contributed by atoms with Gasteiger partial charge in [0.1, 0.15) is 0 Å². The summed E-state index contributed by atoms with van der Waals surface area (Å²) in [5, 5.41) is 1.96. The normalized spacial score (nSPS) is 19.3. The molecule has 0 bridgehead atoms. The van der Waals surface area contributed by atoms with Crippen molar-refractivity contribution in [2.24, 2.45) is 0 Å². The third-order valence-corrected chi connectivity index (χ3v) is 11.5. The zero-order chi connectivity index (χ0) is 31.9. The first-order chi connectivity index (χ1) is 22.9. The van der Waals surface area contributed by atoms with E-state index in [4.69, 9.17) is 0 Å². The van der Waals surface area contributed by atoms with Crippen molar-refractivity contribution in [3.63, 3.8) is 0 Å². The van der Waals surface area contributed by atoms with Gasteiger partial charge in [0.2, 0.25) is 0 Å². The Hall–Kier alpha value is -5.02. The Morgan fingerprint density at radius 3 is 1.96 bits per heavy atom. The van der Waals surface area contributed by atoms with E-state index in [-0.39, 0.29) is 28.0 Å². The maximum absolute atomic E-state index is 13.8. The van der Waals surface area contributed by atoms with E-state index in [1.54, 1.807) is 0 Å². The lowest BCUT2D eigenvalue weighted by atomic mass is 9.68. The van der Waals surface area contributed by atoms with E-state index in [0.717, 1.165) is 43.0 Å². The smallest absolute Gasteiger partial charge is 0.197 e. The predicted molar refractivity (Wildman–Crippen MR) is 190 cm³/mol. The van der Waals surface area contributed by atoms with E-state index in [2.05, 4.69) is 91.6 Å². The predicted octanol–water partition coefficient (Wildman–Crippen LogP) is 10.3. The molecule has 1 aliphatic heterocycles. The van der Waals surface area contributed by atoms with Crippen molar-refractivity contribution in [1.29, 1.82) is 0 Å². The molecule has 0 amide bonds. The van der Waals surface area contributed by atoms with Crippen LogP contribution in [0.5, 0.6) is 0 Å². The van der Waals surface area contributed by atoms with E-state index < -0.39 is 0 Å². The molecule has 5 aromatic rings. The van der Waals surface area contributed by atoms with Crippen LogP contribution in [0.3, 0.4) is 0 Å². The summed E-state index contributed by atoms with van der Waals surface area (Å²) < 4.78 is 0. The molecule has 0 saturated heterocycles. The first-order valence-electron chi connectivity index (χ1n) is 17.0. The molecule has 0 unspecified atom stereocenters. The van der Waals surface area contributed by atoms with Gasteiger partial charge in [0, 0.05) is 39.9 Å². The molecule has 9 rings (SSSR count). The molecular formula is C44H37NO2. The lowest BCUT2D eigenvalue weighted by molar-refractivity contribution is 0.0988. The van der Waals surface area contributed by atoms with Gasteiger partial charge < -0.3 is 4.90 Å². The van der Waals surface area contributed by atoms with E-state index in [1.807, 2.05) is 42.5 Å². The molecule has 3 nitrogen and oxygen atoms in total. The lowest BCUT2D eigenvalue weighted by Gasteiger charge is -2.37. The SMILES string of the molecule is CC1(C)c2ccccc2-c2cc3c(cc21)N(Cc1ccccc1)/C(=C\C=C1C(=O)c2cc4ccccc4cc2C1=O)C31CCCCC1. The van der Waals surface area contributed by atoms with Crippen LogP contribution >= 0.6 is 0 Å². The van der Waals surface area contributed by atoms with E-state index in [9.17, 15) is 9.59 Å². The summed E-state index contributed by atoms with van der Waals surface area (Å²) in [6.07, 6.45) is 9.62. The molecule has 1 heterocycles. The number of fused-ring (bicyclic) bond motifs is 7. The molecule has 4 aliphatic rings. The lowest BCUT2D eigenvalue weighted by Crippen LogP contribution is -2.33. The van der Waals surface area contributed by atoms with E-state index >= 15 is 0 Å². The molecule has 47 heavy (non-hydrogen) atoms. The Morgan fingerprint density at radius 1 is 0.617 bits per heavy atom. The summed E-state index contributed by atoms with van der Waals surface area (Å²) >= 11 is 0. The average Bonchev–Trinajstić information content (AvgIpc) is 3.58. The number of ketones is 2. The molecule has 1 fully saturated rings. The zero-order valence-electron chi connectivity index (χ0n) is 27.0. The standard InChI is InChI=1S/C44H37NO2/c1-43(2)36-18-10-9-17-31(36)33-25-38-39(26-37(33)43)45(27-28-13-5-3-6-14-28)40(44(38)21-11-4-12-22-44)20-19-32-41(46)34-23-29-15-7-8-16-30(29)24-35(34)42(32)47/h3,5-10,13-20,23-26H,4,11-12,21-22,27H2,1-2H3/b40-20-. The Kier molecular flexibility index (Phi) is 6.15. The number of hydrogen-bond donors (Lipinski definition) is 0. The first kappa shape index (κ1) is 28.2. The quantitative estimate of drug-likeness (QED) is 0.150. The summed E-state index contributed by atoms with van der Waals surface area (Å²) in [6.45, 7) is 5.41. The Balaban J connectivity index is 1.24. The second kappa shape index (κ2) is 10.2. The second-order valence-corrected chi connectivity index (χ2v) is 14.3. The molecule has 0 aromatic heterocycles. The van der Waals surface area contributed by atoms with Gasteiger partial charge in [-0.1, -0.05) is 112 Å². The van der Waals surface area contributed by atoms with Crippen LogP contribution in [0.15, 0.2) is 127 Å². The average molecular weight is 612 g/mol. The minimum Gasteiger partial charge on any atom is -0.340 e. The molecule has 3 heteroatoms. The number of hydrogen-bond acceptors (Lipinski definition) is 3. The van der Waals surface area contributed by atoms with Crippen molar-refractivity contribution in [2.45, 2.75) is 63.3 Å². The van der Waals surface area contributed by atoms with Gasteiger partial charge in [-0.15, -0.1) is 0 Å². The number of rotatable bonds is 3. The van der Waals surface area contributed by atoms with Crippen LogP contribution in [0.2, 0.25) is 0 Å². The van der Waals surface area contributed by atoms with E-state index in [0.29, 0.717) is 11.1 Å². The summed E-state index contributed by atoms with van der Waals surface area (Å²) in [6, 6.07) is 36.2. The number of benzene rings is 5. The third-order valence-electron chi connectivity index (χ3n) is 11.5. The van der Waals surface area contributed by atoms with Gasteiger partial charge in [0.25, 0.3) is 0 Å². The molecule has 0 radical (unpaired) electrons. The van der Waals surface area contributed by atoms with Crippen molar-refractivity contribution in [3.8, 4) is 11.1 Å². The molecule has 1 spiro atoms. The first-order valence-corrected chi connectivity index (χ1v) is 17.0. The summed E-state index contributed by atoms with van der Waals surface area (Å²) in [4.78, 5) is 30.1. The summed E-state index contributed by atoms with van der Waals surface area (Å²) in [7, 11) is 0. The fourth-order valence-corrected chi connectivity index (χ4v) is 9.06. The van der Waals surface area contributed by atoms with Crippen LogP contribution in [-0.2, 0) is 17.4 Å². The van der Waals surface area contributed by atoms with Crippen LogP contribution in [0.1, 0.15) is 88.9 Å². The highest BCUT2D eigenvalue weighted by molar-refractivity contribution is 6.40. The van der Waals surface area contributed by atoms with Crippen LogP contribution < -0.4 is 4.90 Å². The van der Waals surface area contributed by atoms with Crippen molar-refractivity contribution in [3.05, 3.63) is 160 Å². The topological polar surface area (TPSA) is 37.4 Å². The van der Waals surface area contributed by atoms with Gasteiger partial charge in [-0.25, -0.2) is 0 Å².